The van der Waals surface area contributed by atoms with Crippen LogP contribution in [-0.2, 0) is 14.3 Å². The van der Waals surface area contributed by atoms with Crippen molar-refractivity contribution >= 4 is 5.97 Å². The second-order valence-electron chi connectivity index (χ2n) is 2.76. The lowest BCUT2D eigenvalue weighted by Crippen LogP contribution is -2.42. The topological polar surface area (TPSA) is 81.8 Å². The Morgan fingerprint density at radius 1 is 1.75 bits per heavy atom. The van der Waals surface area contributed by atoms with E-state index in [-0.39, 0.29) is 12.6 Å². The average molecular weight is 177 g/mol. The van der Waals surface area contributed by atoms with Crippen molar-refractivity contribution in [2.75, 3.05) is 13.7 Å². The van der Waals surface area contributed by atoms with Gasteiger partial charge in [-0.1, -0.05) is 0 Å². The number of esters is 1. The van der Waals surface area contributed by atoms with Crippen LogP contribution in [0.4, 0.5) is 0 Å². The second kappa shape index (κ2) is 4.39. The fourth-order valence-corrected chi connectivity index (χ4v) is 0.542. The molecule has 0 spiro atoms. The summed E-state index contributed by atoms with van der Waals surface area (Å²) in [4.78, 5) is 10.8. The molecule has 5 nitrogen and oxygen atoms in total. The molecule has 3 N–H and O–H groups in total. The number of methoxy groups -OCH3 is 1. The molecule has 0 rings (SSSR count). The molecular formula is C7H15NO4. The minimum atomic E-state index is -1.90. The SMILES string of the molecule is COC(=O)C(C)(O)OC[C@@H](C)N. The van der Waals surface area contributed by atoms with Crippen LogP contribution in [-0.4, -0.2) is 36.6 Å². The van der Waals surface area contributed by atoms with Crippen molar-refractivity contribution < 1.29 is 19.4 Å². The van der Waals surface area contributed by atoms with Gasteiger partial charge in [-0.15, -0.1) is 0 Å². The lowest BCUT2D eigenvalue weighted by molar-refractivity contribution is -0.219. The van der Waals surface area contributed by atoms with Crippen LogP contribution in [0.2, 0.25) is 0 Å². The highest BCUT2D eigenvalue weighted by Crippen LogP contribution is 2.07. The standard InChI is InChI=1S/C7H15NO4/c1-5(8)4-12-7(2,10)6(9)11-3/h5,10H,4,8H2,1-3H3/t5-,7?/m1/s1. The van der Waals surface area contributed by atoms with E-state index in [1.165, 1.54) is 14.0 Å². The molecule has 0 heterocycles. The van der Waals surface area contributed by atoms with Gasteiger partial charge in [0.25, 0.3) is 5.79 Å². The Kier molecular flexibility index (Phi) is 4.16. The Hall–Kier alpha value is -0.650. The van der Waals surface area contributed by atoms with Crippen molar-refractivity contribution in [3.05, 3.63) is 0 Å². The van der Waals surface area contributed by atoms with E-state index in [1.807, 2.05) is 0 Å². The van der Waals surface area contributed by atoms with Gasteiger partial charge in [0.2, 0.25) is 0 Å². The van der Waals surface area contributed by atoms with Crippen LogP contribution < -0.4 is 5.73 Å². The number of carbonyl (C=O) groups excluding carboxylic acids is 1. The molecule has 1 unspecified atom stereocenters. The Morgan fingerprint density at radius 3 is 2.58 bits per heavy atom. The number of ether oxygens (including phenoxy) is 2. The van der Waals surface area contributed by atoms with E-state index in [2.05, 4.69) is 4.74 Å². The number of nitrogens with two attached hydrogens (primary N) is 1. The number of rotatable bonds is 4. The Morgan fingerprint density at radius 2 is 2.25 bits per heavy atom. The number of aliphatic hydroxyl groups is 1. The predicted molar refractivity (Wildman–Crippen MR) is 42.2 cm³/mol. The maximum Gasteiger partial charge on any atom is 0.366 e. The van der Waals surface area contributed by atoms with Crippen molar-refractivity contribution in [1.82, 2.24) is 0 Å². The van der Waals surface area contributed by atoms with E-state index in [9.17, 15) is 9.90 Å². The van der Waals surface area contributed by atoms with Crippen molar-refractivity contribution in [3.63, 3.8) is 0 Å². The summed E-state index contributed by atoms with van der Waals surface area (Å²) < 4.78 is 9.09. The van der Waals surface area contributed by atoms with E-state index in [4.69, 9.17) is 10.5 Å². The van der Waals surface area contributed by atoms with Gasteiger partial charge in [0, 0.05) is 13.0 Å². The summed E-state index contributed by atoms with van der Waals surface area (Å²) in [6, 6.07) is -0.235. The van der Waals surface area contributed by atoms with Gasteiger partial charge in [-0.25, -0.2) is 4.79 Å². The zero-order valence-electron chi connectivity index (χ0n) is 7.53. The van der Waals surface area contributed by atoms with Crippen LogP contribution in [0.5, 0.6) is 0 Å². The van der Waals surface area contributed by atoms with Gasteiger partial charge in [0.1, 0.15) is 0 Å². The molecule has 0 saturated heterocycles. The molecule has 0 radical (unpaired) electrons. The number of carbonyl (C=O) groups is 1. The van der Waals surface area contributed by atoms with Gasteiger partial charge >= 0.3 is 5.97 Å². The highest BCUT2D eigenvalue weighted by molar-refractivity contribution is 5.76. The molecule has 72 valence electrons. The summed E-state index contributed by atoms with van der Waals surface area (Å²) >= 11 is 0. The molecular weight excluding hydrogens is 162 g/mol. The fourth-order valence-electron chi connectivity index (χ4n) is 0.542. The summed E-state index contributed by atoms with van der Waals surface area (Å²) in [5, 5.41) is 9.28. The van der Waals surface area contributed by atoms with Gasteiger partial charge in [0.05, 0.1) is 13.7 Å². The molecule has 2 atom stereocenters. The molecule has 0 aliphatic rings. The Balaban J connectivity index is 3.95. The van der Waals surface area contributed by atoms with Crippen LogP contribution >= 0.6 is 0 Å². The summed E-state index contributed by atoms with van der Waals surface area (Å²) in [6.07, 6.45) is 0. The van der Waals surface area contributed by atoms with Crippen LogP contribution in [0.15, 0.2) is 0 Å². The first-order valence-electron chi connectivity index (χ1n) is 3.60. The summed E-state index contributed by atoms with van der Waals surface area (Å²) in [6.45, 7) is 3.01. The molecule has 0 bridgehead atoms. The molecule has 0 aromatic rings. The van der Waals surface area contributed by atoms with Gasteiger partial charge < -0.3 is 20.3 Å². The van der Waals surface area contributed by atoms with E-state index in [1.54, 1.807) is 6.92 Å². The molecule has 0 aliphatic carbocycles. The Bertz CT molecular complexity index is 155. The first-order valence-corrected chi connectivity index (χ1v) is 3.60. The maximum absolute atomic E-state index is 10.8. The largest absolute Gasteiger partial charge is 0.465 e. The zero-order valence-corrected chi connectivity index (χ0v) is 7.53. The highest BCUT2D eigenvalue weighted by Gasteiger charge is 2.32. The van der Waals surface area contributed by atoms with Crippen LogP contribution in [0.25, 0.3) is 0 Å². The van der Waals surface area contributed by atoms with E-state index < -0.39 is 11.8 Å². The third-order valence-corrected chi connectivity index (χ3v) is 1.19. The van der Waals surface area contributed by atoms with Gasteiger partial charge in [-0.05, 0) is 6.92 Å². The number of hydrogen-bond donors (Lipinski definition) is 2. The fraction of sp³-hybridized carbons (Fsp3) is 0.857. The third kappa shape index (κ3) is 3.66. The van der Waals surface area contributed by atoms with E-state index in [0.29, 0.717) is 0 Å². The van der Waals surface area contributed by atoms with Gasteiger partial charge in [-0.2, -0.15) is 0 Å². The van der Waals surface area contributed by atoms with Crippen LogP contribution in [0, 0.1) is 0 Å². The first-order chi connectivity index (χ1) is 5.40. The van der Waals surface area contributed by atoms with E-state index >= 15 is 0 Å². The quantitative estimate of drug-likeness (QED) is 0.435. The minimum absolute atomic E-state index is 0.0993. The van der Waals surface area contributed by atoms with Gasteiger partial charge in [-0.3, -0.25) is 0 Å². The molecule has 12 heavy (non-hydrogen) atoms. The first kappa shape index (κ1) is 11.4. The molecule has 5 heteroatoms. The number of hydrogen-bond acceptors (Lipinski definition) is 5. The molecule has 0 aromatic heterocycles. The Labute approximate surface area is 71.5 Å². The molecule has 0 saturated carbocycles. The highest BCUT2D eigenvalue weighted by atomic mass is 16.7. The maximum atomic E-state index is 10.8. The van der Waals surface area contributed by atoms with E-state index in [0.717, 1.165) is 0 Å². The summed E-state index contributed by atoms with van der Waals surface area (Å²) in [7, 11) is 1.17. The lowest BCUT2D eigenvalue weighted by atomic mass is 10.3. The minimum Gasteiger partial charge on any atom is -0.465 e. The smallest absolute Gasteiger partial charge is 0.366 e. The van der Waals surface area contributed by atoms with Crippen molar-refractivity contribution in [3.8, 4) is 0 Å². The monoisotopic (exact) mass is 177 g/mol. The zero-order chi connectivity index (χ0) is 9.78. The van der Waals surface area contributed by atoms with Crippen molar-refractivity contribution in [2.24, 2.45) is 5.73 Å². The predicted octanol–water partition coefficient (Wildman–Crippen LogP) is -0.768. The molecule has 0 fully saturated rings. The lowest BCUT2D eigenvalue weighted by Gasteiger charge is -2.21. The second-order valence-corrected chi connectivity index (χ2v) is 2.76. The van der Waals surface area contributed by atoms with Crippen LogP contribution in [0.3, 0.4) is 0 Å². The molecule has 0 aromatic carbocycles. The van der Waals surface area contributed by atoms with Crippen molar-refractivity contribution in [2.45, 2.75) is 25.7 Å². The summed E-state index contributed by atoms with van der Waals surface area (Å²) in [5.74, 6) is -2.73. The molecule has 0 amide bonds. The average Bonchev–Trinajstić information content (AvgIpc) is 1.99. The van der Waals surface area contributed by atoms with Crippen LogP contribution in [0.1, 0.15) is 13.8 Å². The third-order valence-electron chi connectivity index (χ3n) is 1.19. The summed E-state index contributed by atoms with van der Waals surface area (Å²) in [5.41, 5.74) is 5.35. The molecule has 0 aliphatic heterocycles. The van der Waals surface area contributed by atoms with Gasteiger partial charge in [0.15, 0.2) is 0 Å². The normalized spacial score (nSPS) is 18.1. The van der Waals surface area contributed by atoms with Crippen molar-refractivity contribution in [1.29, 1.82) is 0 Å².